The molecule has 1 heterocycles. The highest BCUT2D eigenvalue weighted by Crippen LogP contribution is 2.36. The van der Waals surface area contributed by atoms with Crippen LogP contribution in [0.5, 0.6) is 0 Å². The van der Waals surface area contributed by atoms with Gasteiger partial charge in [0.15, 0.2) is 0 Å². The van der Waals surface area contributed by atoms with E-state index in [1.807, 2.05) is 30.3 Å². The topological polar surface area (TPSA) is 28.7 Å². The molecule has 0 saturated carbocycles. The fourth-order valence-corrected chi connectivity index (χ4v) is 4.13. The molecule has 0 unspecified atom stereocenters. The summed E-state index contributed by atoms with van der Waals surface area (Å²) in [7, 11) is 0. The Kier molecular flexibility index (Phi) is 4.00. The Morgan fingerprint density at radius 2 is 1.32 bits per heavy atom. The third kappa shape index (κ3) is 2.70. The molecule has 0 aliphatic carbocycles. The molecule has 1 aromatic heterocycles. The average Bonchev–Trinajstić information content (AvgIpc) is 3.07. The van der Waals surface area contributed by atoms with E-state index in [2.05, 4.69) is 87.2 Å². The Morgan fingerprint density at radius 3 is 2.04 bits per heavy atom. The van der Waals surface area contributed by atoms with Gasteiger partial charge in [0.2, 0.25) is 0 Å². The number of rotatable bonds is 2. The maximum Gasteiger partial charge on any atom is 0.0991 e. The van der Waals surface area contributed by atoms with Crippen LogP contribution in [0.25, 0.3) is 38.6 Å². The van der Waals surface area contributed by atoms with E-state index < -0.39 is 0 Å². The van der Waals surface area contributed by atoms with Crippen LogP contribution in [0, 0.1) is 11.3 Å². The minimum Gasteiger partial charge on any atom is -0.309 e. The van der Waals surface area contributed by atoms with Gasteiger partial charge in [-0.2, -0.15) is 5.26 Å². The summed E-state index contributed by atoms with van der Waals surface area (Å²) in [6.45, 7) is 0. The van der Waals surface area contributed by atoms with E-state index in [1.165, 1.54) is 21.8 Å². The van der Waals surface area contributed by atoms with Gasteiger partial charge in [-0.3, -0.25) is 0 Å². The monoisotopic (exact) mass is 422 g/mol. The van der Waals surface area contributed by atoms with Gasteiger partial charge in [-0.25, -0.2) is 0 Å². The van der Waals surface area contributed by atoms with Gasteiger partial charge in [0.05, 0.1) is 22.7 Å². The Balaban J connectivity index is 1.80. The lowest BCUT2D eigenvalue weighted by Crippen LogP contribution is -1.92. The molecule has 0 amide bonds. The molecular weight excluding hydrogens is 408 g/mol. The van der Waals surface area contributed by atoms with E-state index in [0.29, 0.717) is 5.56 Å². The maximum atomic E-state index is 9.04. The smallest absolute Gasteiger partial charge is 0.0991 e. The first kappa shape index (κ1) is 16.8. The molecule has 0 radical (unpaired) electrons. The SMILES string of the molecule is N#Cc1ccc(-c2ccc3c(c2)c2cc(Br)ccc2n3-c2ccccc2)cc1. The molecule has 2 nitrogen and oxygen atoms in total. The third-order valence-electron chi connectivity index (χ3n) is 5.09. The number of hydrogen-bond donors (Lipinski definition) is 0. The summed E-state index contributed by atoms with van der Waals surface area (Å²) in [5, 5.41) is 11.5. The lowest BCUT2D eigenvalue weighted by molar-refractivity contribution is 1.18. The van der Waals surface area contributed by atoms with Crippen molar-refractivity contribution in [3.8, 4) is 22.9 Å². The van der Waals surface area contributed by atoms with Crippen molar-refractivity contribution in [1.82, 2.24) is 4.57 Å². The summed E-state index contributed by atoms with van der Waals surface area (Å²) in [6.07, 6.45) is 0. The zero-order valence-corrected chi connectivity index (χ0v) is 16.5. The second-order valence-corrected chi connectivity index (χ2v) is 7.67. The number of aromatic nitrogens is 1. The molecule has 0 bridgehead atoms. The largest absolute Gasteiger partial charge is 0.309 e. The molecule has 5 rings (SSSR count). The quantitative estimate of drug-likeness (QED) is 0.298. The van der Waals surface area contributed by atoms with Gasteiger partial charge in [0, 0.05) is 20.9 Å². The summed E-state index contributed by atoms with van der Waals surface area (Å²) in [6, 6.07) is 33.4. The molecule has 4 aromatic carbocycles. The molecule has 0 aliphatic heterocycles. The van der Waals surface area contributed by atoms with Gasteiger partial charge in [-0.15, -0.1) is 0 Å². The molecular formula is C25H15BrN2. The van der Waals surface area contributed by atoms with Gasteiger partial charge in [0.1, 0.15) is 0 Å². The summed E-state index contributed by atoms with van der Waals surface area (Å²) in [4.78, 5) is 0. The van der Waals surface area contributed by atoms with E-state index in [-0.39, 0.29) is 0 Å². The Hall–Kier alpha value is -3.35. The van der Waals surface area contributed by atoms with E-state index >= 15 is 0 Å². The predicted octanol–water partition coefficient (Wildman–Crippen LogP) is 7.08. The number of hydrogen-bond acceptors (Lipinski definition) is 1. The normalized spacial score (nSPS) is 11.0. The van der Waals surface area contributed by atoms with Crippen molar-refractivity contribution in [2.75, 3.05) is 0 Å². The van der Waals surface area contributed by atoms with Crippen molar-refractivity contribution in [3.63, 3.8) is 0 Å². The van der Waals surface area contributed by atoms with E-state index in [4.69, 9.17) is 5.26 Å². The van der Waals surface area contributed by atoms with Crippen LogP contribution in [0.1, 0.15) is 5.56 Å². The second kappa shape index (κ2) is 6.67. The highest BCUT2D eigenvalue weighted by molar-refractivity contribution is 9.10. The van der Waals surface area contributed by atoms with E-state index in [1.54, 1.807) is 0 Å². The van der Waals surface area contributed by atoms with Crippen LogP contribution in [0.4, 0.5) is 0 Å². The number of nitriles is 1. The van der Waals surface area contributed by atoms with Crippen molar-refractivity contribution in [3.05, 3.63) is 101 Å². The summed E-state index contributed by atoms with van der Waals surface area (Å²) in [5.41, 5.74) is 6.43. The predicted molar refractivity (Wildman–Crippen MR) is 119 cm³/mol. The van der Waals surface area contributed by atoms with E-state index in [9.17, 15) is 0 Å². The lowest BCUT2D eigenvalue weighted by atomic mass is 10.0. The minimum absolute atomic E-state index is 0.675. The van der Waals surface area contributed by atoms with Crippen molar-refractivity contribution in [2.24, 2.45) is 0 Å². The molecule has 3 heteroatoms. The van der Waals surface area contributed by atoms with Gasteiger partial charge >= 0.3 is 0 Å². The number of fused-ring (bicyclic) bond motifs is 3. The van der Waals surface area contributed by atoms with Crippen LogP contribution in [-0.2, 0) is 0 Å². The fourth-order valence-electron chi connectivity index (χ4n) is 3.77. The molecule has 28 heavy (non-hydrogen) atoms. The van der Waals surface area contributed by atoms with Gasteiger partial charge in [-0.05, 0) is 65.7 Å². The molecule has 0 fully saturated rings. The first-order chi connectivity index (χ1) is 13.7. The first-order valence-electron chi connectivity index (χ1n) is 9.04. The molecule has 0 saturated heterocycles. The highest BCUT2D eigenvalue weighted by atomic mass is 79.9. The van der Waals surface area contributed by atoms with Crippen LogP contribution >= 0.6 is 15.9 Å². The zero-order chi connectivity index (χ0) is 19.1. The van der Waals surface area contributed by atoms with Crippen LogP contribution in [0.3, 0.4) is 0 Å². The summed E-state index contributed by atoms with van der Waals surface area (Å²) >= 11 is 3.62. The van der Waals surface area contributed by atoms with Crippen LogP contribution in [-0.4, -0.2) is 4.57 Å². The van der Waals surface area contributed by atoms with Gasteiger partial charge in [-0.1, -0.05) is 52.3 Å². The van der Waals surface area contributed by atoms with Crippen molar-refractivity contribution < 1.29 is 0 Å². The Bertz CT molecular complexity index is 1360. The zero-order valence-electron chi connectivity index (χ0n) is 14.9. The van der Waals surface area contributed by atoms with Crippen molar-refractivity contribution in [1.29, 1.82) is 5.26 Å². The number of nitrogens with zero attached hydrogens (tertiary/aromatic N) is 2. The van der Waals surface area contributed by atoms with Crippen LogP contribution < -0.4 is 0 Å². The van der Waals surface area contributed by atoms with Crippen molar-refractivity contribution >= 4 is 37.7 Å². The first-order valence-corrected chi connectivity index (χ1v) is 9.83. The fraction of sp³-hybridized carbons (Fsp3) is 0. The Morgan fingerprint density at radius 1 is 0.679 bits per heavy atom. The molecule has 132 valence electrons. The number of benzene rings is 4. The minimum atomic E-state index is 0.675. The standard InChI is InChI=1S/C25H15BrN2/c26-20-11-13-25-23(15-20)22-14-19(18-8-6-17(16-27)7-9-18)10-12-24(22)28(25)21-4-2-1-3-5-21/h1-15H. The molecule has 0 N–H and O–H groups in total. The number of para-hydroxylation sites is 1. The van der Waals surface area contributed by atoms with Gasteiger partial charge in [0.25, 0.3) is 0 Å². The third-order valence-corrected chi connectivity index (χ3v) is 5.58. The van der Waals surface area contributed by atoms with Crippen molar-refractivity contribution in [2.45, 2.75) is 0 Å². The maximum absolute atomic E-state index is 9.04. The average molecular weight is 423 g/mol. The molecule has 0 aliphatic rings. The summed E-state index contributed by atoms with van der Waals surface area (Å²) < 4.78 is 3.37. The van der Waals surface area contributed by atoms with E-state index in [0.717, 1.165) is 21.3 Å². The Labute approximate surface area is 171 Å². The second-order valence-electron chi connectivity index (χ2n) is 6.75. The molecule has 0 spiro atoms. The lowest BCUT2D eigenvalue weighted by Gasteiger charge is -2.08. The van der Waals surface area contributed by atoms with Crippen LogP contribution in [0.15, 0.2) is 95.5 Å². The van der Waals surface area contributed by atoms with Gasteiger partial charge < -0.3 is 4.57 Å². The molecule has 0 atom stereocenters. The number of halogens is 1. The molecule has 5 aromatic rings. The summed E-state index contributed by atoms with van der Waals surface area (Å²) in [5.74, 6) is 0. The van der Waals surface area contributed by atoms with Crippen LogP contribution in [0.2, 0.25) is 0 Å². The highest BCUT2D eigenvalue weighted by Gasteiger charge is 2.13.